The zero-order chi connectivity index (χ0) is 27.3. The Kier molecular flexibility index (Phi) is 8.38. The van der Waals surface area contributed by atoms with Gasteiger partial charge in [-0.05, 0) is 40.5 Å². The molecule has 1 radical (unpaired) electrons. The molecule has 0 spiro atoms. The minimum absolute atomic E-state index is 0.00679. The first-order valence-electron chi connectivity index (χ1n) is 12.4. The van der Waals surface area contributed by atoms with Gasteiger partial charge in [-0.3, -0.25) is 19.3 Å². The van der Waals surface area contributed by atoms with Crippen molar-refractivity contribution >= 4 is 28.5 Å². The number of halogens is 1. The monoisotopic (exact) mass is 519 g/mol. The van der Waals surface area contributed by atoms with Crippen LogP contribution in [0.25, 0.3) is 10.8 Å². The molecule has 1 heterocycles. The van der Waals surface area contributed by atoms with Gasteiger partial charge >= 0.3 is 0 Å². The van der Waals surface area contributed by atoms with Gasteiger partial charge < -0.3 is 21.1 Å². The van der Waals surface area contributed by atoms with Gasteiger partial charge in [-0.25, -0.2) is 4.39 Å². The number of hydrogen-bond donors (Lipinski definition) is 2. The highest BCUT2D eigenvalue weighted by atomic mass is 19.1. The Bertz CT molecular complexity index is 1300. The number of hydrogen-bond acceptors (Lipinski definition) is 5. The van der Waals surface area contributed by atoms with Gasteiger partial charge in [0, 0.05) is 33.2 Å². The SMILES string of the molecule is COCC1CN(C(Cc2ccc3ccccc3c2)(C(N)=O)C(N)=O)CCN1C(=O)[CH]Cc1ccc(F)cc1. The van der Waals surface area contributed by atoms with Crippen LogP contribution in [0.1, 0.15) is 11.1 Å². The summed E-state index contributed by atoms with van der Waals surface area (Å²) in [6.07, 6.45) is 1.89. The summed E-state index contributed by atoms with van der Waals surface area (Å²) in [5, 5.41) is 2.00. The van der Waals surface area contributed by atoms with Crippen LogP contribution in [-0.2, 0) is 32.0 Å². The first-order chi connectivity index (χ1) is 18.2. The molecule has 4 N–H and O–H groups in total. The number of rotatable bonds is 10. The second kappa shape index (κ2) is 11.7. The molecule has 1 aliphatic rings. The standard InChI is InChI=1S/C29H32FN4O4/c1-38-19-25-18-33(14-15-34(25)26(35)13-9-20-7-11-24(30)12-8-20)29(27(31)36,28(32)37)17-21-6-10-22-4-2-3-5-23(22)16-21/h2-8,10-13,16,25H,9,14-15,17-19H2,1H3,(H2,31,36)(H2,32,37). The van der Waals surface area contributed by atoms with Crippen LogP contribution in [0, 0.1) is 12.2 Å². The molecule has 1 aliphatic heterocycles. The van der Waals surface area contributed by atoms with Crippen molar-refractivity contribution in [3.8, 4) is 0 Å². The summed E-state index contributed by atoms with van der Waals surface area (Å²) in [7, 11) is 1.52. The molecule has 1 unspecified atom stereocenters. The summed E-state index contributed by atoms with van der Waals surface area (Å²) < 4.78 is 18.6. The molecular formula is C29H32FN4O4. The Hall–Kier alpha value is -3.82. The van der Waals surface area contributed by atoms with Crippen LogP contribution >= 0.6 is 0 Å². The Morgan fingerprint density at radius 2 is 1.63 bits per heavy atom. The third kappa shape index (κ3) is 5.69. The highest BCUT2D eigenvalue weighted by molar-refractivity contribution is 6.09. The predicted octanol–water partition coefficient (Wildman–Crippen LogP) is 1.84. The van der Waals surface area contributed by atoms with Crippen LogP contribution in [0.4, 0.5) is 4.39 Å². The van der Waals surface area contributed by atoms with E-state index in [1.807, 2.05) is 42.5 Å². The van der Waals surface area contributed by atoms with E-state index in [9.17, 15) is 18.8 Å². The summed E-state index contributed by atoms with van der Waals surface area (Å²) in [5.74, 6) is -2.23. The van der Waals surface area contributed by atoms with E-state index < -0.39 is 23.4 Å². The van der Waals surface area contributed by atoms with Crippen LogP contribution < -0.4 is 11.5 Å². The van der Waals surface area contributed by atoms with Gasteiger partial charge in [-0.1, -0.05) is 54.6 Å². The number of nitrogens with two attached hydrogens (primary N) is 2. The van der Waals surface area contributed by atoms with Gasteiger partial charge in [-0.15, -0.1) is 0 Å². The largest absolute Gasteiger partial charge is 0.382 e. The summed E-state index contributed by atoms with van der Waals surface area (Å²) in [4.78, 5) is 42.3. The molecule has 8 nitrogen and oxygen atoms in total. The average Bonchev–Trinajstić information content (AvgIpc) is 2.91. The van der Waals surface area contributed by atoms with E-state index >= 15 is 0 Å². The number of nitrogens with zero attached hydrogens (tertiary/aromatic N) is 2. The summed E-state index contributed by atoms with van der Waals surface area (Å²) in [6.45, 7) is 0.822. The Balaban J connectivity index is 1.55. The fraction of sp³-hybridized carbons (Fsp3) is 0.310. The molecular weight excluding hydrogens is 487 g/mol. The topological polar surface area (TPSA) is 119 Å². The Morgan fingerprint density at radius 3 is 2.29 bits per heavy atom. The zero-order valence-corrected chi connectivity index (χ0v) is 21.3. The lowest BCUT2D eigenvalue weighted by molar-refractivity contribution is -0.148. The first kappa shape index (κ1) is 27.2. The van der Waals surface area contributed by atoms with Crippen LogP contribution in [-0.4, -0.2) is 72.5 Å². The molecule has 9 heteroatoms. The van der Waals surface area contributed by atoms with Crippen molar-refractivity contribution in [1.82, 2.24) is 9.80 Å². The van der Waals surface area contributed by atoms with E-state index in [1.165, 1.54) is 25.7 Å². The maximum absolute atomic E-state index is 13.2. The summed E-state index contributed by atoms with van der Waals surface area (Å²) in [6, 6.07) is 19.0. The van der Waals surface area contributed by atoms with Crippen molar-refractivity contribution in [3.63, 3.8) is 0 Å². The van der Waals surface area contributed by atoms with E-state index in [4.69, 9.17) is 16.2 Å². The quantitative estimate of drug-likeness (QED) is 0.396. The minimum atomic E-state index is -1.78. The number of fused-ring (bicyclic) bond motifs is 1. The third-order valence-electron chi connectivity index (χ3n) is 7.18. The smallest absolute Gasteiger partial charge is 0.248 e. The fourth-order valence-corrected chi connectivity index (χ4v) is 5.13. The van der Waals surface area contributed by atoms with Crippen LogP contribution in [0.3, 0.4) is 0 Å². The van der Waals surface area contributed by atoms with E-state index in [2.05, 4.69) is 0 Å². The van der Waals surface area contributed by atoms with Crippen molar-refractivity contribution in [2.75, 3.05) is 33.4 Å². The molecule has 1 atom stereocenters. The third-order valence-corrected chi connectivity index (χ3v) is 7.18. The van der Waals surface area contributed by atoms with Gasteiger partial charge in [0.2, 0.25) is 17.7 Å². The van der Waals surface area contributed by atoms with E-state index in [1.54, 1.807) is 21.9 Å². The maximum Gasteiger partial charge on any atom is 0.248 e. The normalized spacial score (nSPS) is 16.5. The number of amides is 3. The molecule has 3 aromatic rings. The fourth-order valence-electron chi connectivity index (χ4n) is 5.13. The highest BCUT2D eigenvalue weighted by Gasteiger charge is 2.51. The molecule has 0 saturated carbocycles. The minimum Gasteiger partial charge on any atom is -0.382 e. The van der Waals surface area contributed by atoms with Crippen molar-refractivity contribution in [3.05, 3.63) is 90.1 Å². The number of primary amides is 2. The number of carbonyl (C=O) groups excluding carboxylic acids is 3. The van der Waals surface area contributed by atoms with Crippen LogP contribution in [0.15, 0.2) is 66.7 Å². The summed E-state index contributed by atoms with van der Waals surface area (Å²) in [5.41, 5.74) is 11.5. The molecule has 0 bridgehead atoms. The van der Waals surface area contributed by atoms with Gasteiger partial charge in [0.25, 0.3) is 0 Å². The van der Waals surface area contributed by atoms with Crippen molar-refractivity contribution < 1.29 is 23.5 Å². The number of benzene rings is 3. The molecule has 3 aromatic carbocycles. The number of carbonyl (C=O) groups is 3. The predicted molar refractivity (Wildman–Crippen MR) is 142 cm³/mol. The number of methoxy groups -OCH3 is 1. The van der Waals surface area contributed by atoms with Crippen LogP contribution in [0.2, 0.25) is 0 Å². The molecule has 0 aliphatic carbocycles. The maximum atomic E-state index is 13.2. The van der Waals surface area contributed by atoms with Crippen LogP contribution in [0.5, 0.6) is 0 Å². The number of piperazine rings is 1. The Labute approximate surface area is 221 Å². The molecule has 1 fully saturated rings. The molecule has 38 heavy (non-hydrogen) atoms. The molecule has 4 rings (SSSR count). The van der Waals surface area contributed by atoms with Crippen molar-refractivity contribution in [2.24, 2.45) is 11.5 Å². The lowest BCUT2D eigenvalue weighted by atomic mass is 9.85. The first-order valence-corrected chi connectivity index (χ1v) is 12.4. The van der Waals surface area contributed by atoms with Gasteiger partial charge in [0.15, 0.2) is 5.54 Å². The van der Waals surface area contributed by atoms with E-state index in [-0.39, 0.29) is 44.4 Å². The molecule has 1 saturated heterocycles. The van der Waals surface area contributed by atoms with Gasteiger partial charge in [0.1, 0.15) is 5.82 Å². The van der Waals surface area contributed by atoms with E-state index in [0.29, 0.717) is 6.42 Å². The van der Waals surface area contributed by atoms with Crippen molar-refractivity contribution in [2.45, 2.75) is 24.4 Å². The molecule has 3 amide bonds. The van der Waals surface area contributed by atoms with Gasteiger partial charge in [0.05, 0.1) is 19.1 Å². The van der Waals surface area contributed by atoms with Crippen molar-refractivity contribution in [1.29, 1.82) is 0 Å². The highest BCUT2D eigenvalue weighted by Crippen LogP contribution is 2.27. The Morgan fingerprint density at radius 1 is 0.974 bits per heavy atom. The second-order valence-corrected chi connectivity index (χ2v) is 9.57. The summed E-state index contributed by atoms with van der Waals surface area (Å²) >= 11 is 0. The molecule has 199 valence electrons. The molecule has 0 aromatic heterocycles. The van der Waals surface area contributed by atoms with E-state index in [0.717, 1.165) is 21.9 Å². The second-order valence-electron chi connectivity index (χ2n) is 9.57. The number of ether oxygens (including phenoxy) is 1. The van der Waals surface area contributed by atoms with Gasteiger partial charge in [-0.2, -0.15) is 0 Å². The lowest BCUT2D eigenvalue weighted by Gasteiger charge is -2.47. The lowest BCUT2D eigenvalue weighted by Crippen LogP contribution is -2.71. The zero-order valence-electron chi connectivity index (χ0n) is 21.3. The average molecular weight is 520 g/mol.